The Labute approximate surface area is 107 Å². The van der Waals surface area contributed by atoms with E-state index in [9.17, 15) is 4.79 Å². The van der Waals surface area contributed by atoms with Crippen LogP contribution in [0.3, 0.4) is 0 Å². The molecule has 0 aliphatic heterocycles. The van der Waals surface area contributed by atoms with Gasteiger partial charge < -0.3 is 4.98 Å². The van der Waals surface area contributed by atoms with Gasteiger partial charge in [0.25, 0.3) is 5.56 Å². The number of hydrogen-bond acceptors (Lipinski definition) is 2. The van der Waals surface area contributed by atoms with Gasteiger partial charge in [-0.2, -0.15) is 0 Å². The zero-order chi connectivity index (χ0) is 11.8. The lowest BCUT2D eigenvalue weighted by Gasteiger charge is -2.03. The minimum Gasteiger partial charge on any atom is -0.307 e. The first-order valence-corrected chi connectivity index (χ1v) is 6.39. The first kappa shape index (κ1) is 10.7. The van der Waals surface area contributed by atoms with E-state index in [-0.39, 0.29) is 5.56 Å². The number of hydrogen-bond donors (Lipinski definition) is 1. The Morgan fingerprint density at radius 1 is 1.24 bits per heavy atom. The summed E-state index contributed by atoms with van der Waals surface area (Å²) in [7, 11) is 0. The van der Waals surface area contributed by atoms with Crippen LogP contribution in [0, 0.1) is 0 Å². The highest BCUT2D eigenvalue weighted by Crippen LogP contribution is 2.38. The summed E-state index contributed by atoms with van der Waals surface area (Å²) in [6.45, 7) is 0. The van der Waals surface area contributed by atoms with Gasteiger partial charge in [-0.3, -0.25) is 4.79 Å². The zero-order valence-corrected chi connectivity index (χ0v) is 10.7. The van der Waals surface area contributed by atoms with Crippen LogP contribution in [-0.4, -0.2) is 9.97 Å². The minimum atomic E-state index is -0.0696. The van der Waals surface area contributed by atoms with Crippen LogP contribution in [0.25, 0.3) is 11.4 Å². The van der Waals surface area contributed by atoms with E-state index in [4.69, 9.17) is 0 Å². The molecule has 1 aromatic heterocycles. The molecule has 0 saturated heterocycles. The maximum Gasteiger partial charge on any atom is 0.251 e. The van der Waals surface area contributed by atoms with Crippen LogP contribution in [0.5, 0.6) is 0 Å². The molecule has 1 aliphatic rings. The molecule has 3 nitrogen and oxygen atoms in total. The second-order valence-electron chi connectivity index (χ2n) is 4.30. The summed E-state index contributed by atoms with van der Waals surface area (Å²) in [5.41, 5.74) is 1.79. The normalized spacial score (nSPS) is 14.9. The number of nitrogens with one attached hydrogen (secondary N) is 1. The van der Waals surface area contributed by atoms with Crippen molar-refractivity contribution in [3.63, 3.8) is 0 Å². The molecule has 86 valence electrons. The third-order valence-corrected chi connectivity index (χ3v) is 3.40. The van der Waals surface area contributed by atoms with Crippen molar-refractivity contribution in [3.05, 3.63) is 50.9 Å². The fourth-order valence-electron chi connectivity index (χ4n) is 1.81. The summed E-state index contributed by atoms with van der Waals surface area (Å²) in [6.07, 6.45) is 2.30. The first-order chi connectivity index (χ1) is 8.22. The van der Waals surface area contributed by atoms with Gasteiger partial charge in [0.05, 0.1) is 5.69 Å². The van der Waals surface area contributed by atoms with Gasteiger partial charge in [0.1, 0.15) is 5.82 Å². The molecule has 0 spiro atoms. The van der Waals surface area contributed by atoms with Gasteiger partial charge in [-0.05, 0) is 25.0 Å². The Morgan fingerprint density at radius 3 is 2.59 bits per heavy atom. The molecule has 3 rings (SSSR count). The molecule has 17 heavy (non-hydrogen) atoms. The van der Waals surface area contributed by atoms with Crippen molar-refractivity contribution < 1.29 is 0 Å². The Kier molecular flexibility index (Phi) is 2.59. The van der Waals surface area contributed by atoms with Crippen molar-refractivity contribution >= 4 is 15.9 Å². The average molecular weight is 291 g/mol. The lowest BCUT2D eigenvalue weighted by Crippen LogP contribution is -2.09. The Morgan fingerprint density at radius 2 is 1.94 bits per heavy atom. The smallest absolute Gasteiger partial charge is 0.251 e. The van der Waals surface area contributed by atoms with E-state index >= 15 is 0 Å². The van der Waals surface area contributed by atoms with Crippen LogP contribution in [0.4, 0.5) is 0 Å². The van der Waals surface area contributed by atoms with Crippen LogP contribution in [-0.2, 0) is 0 Å². The van der Waals surface area contributed by atoms with E-state index in [0.29, 0.717) is 11.7 Å². The summed E-state index contributed by atoms with van der Waals surface area (Å²) in [4.78, 5) is 18.9. The largest absolute Gasteiger partial charge is 0.307 e. The molecule has 0 unspecified atom stereocenters. The number of H-pyrrole nitrogens is 1. The van der Waals surface area contributed by atoms with Crippen molar-refractivity contribution in [2.45, 2.75) is 18.8 Å². The molecule has 1 aliphatic carbocycles. The van der Waals surface area contributed by atoms with Crippen molar-refractivity contribution in [2.24, 2.45) is 0 Å². The molecule has 0 amide bonds. The average Bonchev–Trinajstić information content (AvgIpc) is 3.13. The van der Waals surface area contributed by atoms with Crippen LogP contribution in [0.2, 0.25) is 0 Å². The maximum absolute atomic E-state index is 11.6. The second kappa shape index (κ2) is 4.11. The molecular weight excluding hydrogens is 280 g/mol. The van der Waals surface area contributed by atoms with E-state index < -0.39 is 0 Å². The molecule has 0 bridgehead atoms. The fourth-order valence-corrected chi connectivity index (χ4v) is 2.07. The number of aromatic nitrogens is 2. The highest BCUT2D eigenvalue weighted by molar-refractivity contribution is 9.10. The van der Waals surface area contributed by atoms with E-state index in [1.165, 1.54) is 0 Å². The molecule has 0 radical (unpaired) electrons. The third kappa shape index (κ3) is 2.31. The van der Waals surface area contributed by atoms with Gasteiger partial charge in [0.2, 0.25) is 0 Å². The minimum absolute atomic E-state index is 0.0696. The number of benzene rings is 1. The number of aromatic amines is 1. The molecule has 1 N–H and O–H groups in total. The van der Waals surface area contributed by atoms with Crippen molar-refractivity contribution in [3.8, 4) is 11.4 Å². The van der Waals surface area contributed by atoms with Crippen molar-refractivity contribution in [2.75, 3.05) is 0 Å². The Hall–Kier alpha value is -1.42. The van der Waals surface area contributed by atoms with E-state index in [2.05, 4.69) is 25.9 Å². The molecule has 1 fully saturated rings. The van der Waals surface area contributed by atoms with Gasteiger partial charge in [0, 0.05) is 22.0 Å². The van der Waals surface area contributed by atoms with Crippen LogP contribution >= 0.6 is 15.9 Å². The molecule has 1 heterocycles. The van der Waals surface area contributed by atoms with Gasteiger partial charge in [-0.1, -0.05) is 28.1 Å². The molecule has 2 aromatic rings. The highest BCUT2D eigenvalue weighted by Gasteiger charge is 2.25. The third-order valence-electron chi connectivity index (χ3n) is 2.87. The Bertz CT molecular complexity index is 600. The van der Waals surface area contributed by atoms with Crippen LogP contribution in [0.15, 0.2) is 39.6 Å². The predicted molar refractivity (Wildman–Crippen MR) is 70.0 cm³/mol. The molecule has 1 aromatic carbocycles. The highest BCUT2D eigenvalue weighted by atomic mass is 79.9. The first-order valence-electron chi connectivity index (χ1n) is 5.59. The van der Waals surface area contributed by atoms with Crippen LogP contribution < -0.4 is 5.56 Å². The number of nitrogens with zero attached hydrogens (tertiary/aromatic N) is 1. The summed E-state index contributed by atoms with van der Waals surface area (Å²) in [5.74, 6) is 1.15. The maximum atomic E-state index is 11.6. The zero-order valence-electron chi connectivity index (χ0n) is 9.11. The fraction of sp³-hybridized carbons (Fsp3) is 0.231. The molecular formula is C13H11BrN2O. The van der Waals surface area contributed by atoms with Gasteiger partial charge in [-0.15, -0.1) is 0 Å². The lowest BCUT2D eigenvalue weighted by atomic mass is 10.2. The SMILES string of the molecule is O=c1cc(C2CC2)nc(-c2ccc(Br)cc2)[nH]1. The summed E-state index contributed by atoms with van der Waals surface area (Å²) in [5, 5.41) is 0. The summed E-state index contributed by atoms with van der Waals surface area (Å²) >= 11 is 3.39. The molecule has 4 heteroatoms. The predicted octanol–water partition coefficient (Wildman–Crippen LogP) is 3.08. The molecule has 1 saturated carbocycles. The van der Waals surface area contributed by atoms with Crippen molar-refractivity contribution in [1.82, 2.24) is 9.97 Å². The standard InChI is InChI=1S/C13H11BrN2O/c14-10-5-3-9(4-6-10)13-15-11(8-1-2-8)7-12(17)16-13/h3-8H,1-2H2,(H,15,16,17). The topological polar surface area (TPSA) is 45.8 Å². The van der Waals surface area contributed by atoms with Gasteiger partial charge in [-0.25, -0.2) is 4.98 Å². The van der Waals surface area contributed by atoms with Gasteiger partial charge in [0.15, 0.2) is 0 Å². The van der Waals surface area contributed by atoms with Crippen molar-refractivity contribution in [1.29, 1.82) is 0 Å². The van der Waals surface area contributed by atoms with E-state index in [1.807, 2.05) is 24.3 Å². The monoisotopic (exact) mass is 290 g/mol. The quantitative estimate of drug-likeness (QED) is 0.924. The summed E-state index contributed by atoms with van der Waals surface area (Å²) in [6, 6.07) is 9.39. The van der Waals surface area contributed by atoms with Crippen LogP contribution in [0.1, 0.15) is 24.5 Å². The van der Waals surface area contributed by atoms with E-state index in [0.717, 1.165) is 28.6 Å². The number of halogens is 1. The second-order valence-corrected chi connectivity index (χ2v) is 5.22. The van der Waals surface area contributed by atoms with Gasteiger partial charge >= 0.3 is 0 Å². The molecule has 0 atom stereocenters. The number of rotatable bonds is 2. The Balaban J connectivity index is 2.07. The summed E-state index contributed by atoms with van der Waals surface area (Å²) < 4.78 is 1.02. The lowest BCUT2D eigenvalue weighted by molar-refractivity contribution is 0.977. The van der Waals surface area contributed by atoms with E-state index in [1.54, 1.807) is 6.07 Å².